The van der Waals surface area contributed by atoms with Gasteiger partial charge in [-0.15, -0.1) is 0 Å². The third kappa shape index (κ3) is 2.97. The van der Waals surface area contributed by atoms with Gasteiger partial charge in [-0.2, -0.15) is 0 Å². The maximum Gasteiger partial charge on any atom is 0.195 e. The molecule has 2 unspecified atom stereocenters. The number of nitrogens with two attached hydrogens (primary N) is 1. The van der Waals surface area contributed by atoms with Crippen molar-refractivity contribution in [2.24, 2.45) is 11.7 Å². The Balaban J connectivity index is 2.30. The number of carbonyl (C=O) groups is 1. The summed E-state index contributed by atoms with van der Waals surface area (Å²) in [4.78, 5) is 12.2. The Kier molecular flexibility index (Phi) is 4.43. The number of benzene rings is 2. The van der Waals surface area contributed by atoms with Gasteiger partial charge in [-0.3, -0.25) is 4.79 Å². The third-order valence-electron chi connectivity index (χ3n) is 3.44. The van der Waals surface area contributed by atoms with Gasteiger partial charge in [-0.25, -0.2) is 13.2 Å². The molecule has 0 aliphatic heterocycles. The van der Waals surface area contributed by atoms with E-state index in [1.54, 1.807) is 30.3 Å². The highest BCUT2D eigenvalue weighted by Gasteiger charge is 2.27. The number of carbonyl (C=O) groups excluding carboxylic acids is 1. The summed E-state index contributed by atoms with van der Waals surface area (Å²) in [6, 6.07) is 9.83. The first-order valence-electron chi connectivity index (χ1n) is 6.41. The molecule has 21 heavy (non-hydrogen) atoms. The van der Waals surface area contributed by atoms with Crippen LogP contribution in [0.4, 0.5) is 13.2 Å². The molecule has 0 spiro atoms. The zero-order chi connectivity index (χ0) is 15.6. The summed E-state index contributed by atoms with van der Waals surface area (Å²) < 4.78 is 39.8. The lowest BCUT2D eigenvalue weighted by Crippen LogP contribution is -2.27. The van der Waals surface area contributed by atoms with Crippen LogP contribution in [0.2, 0.25) is 0 Å². The summed E-state index contributed by atoms with van der Waals surface area (Å²) in [6.45, 7) is 1.53. The summed E-state index contributed by atoms with van der Waals surface area (Å²) >= 11 is 0. The van der Waals surface area contributed by atoms with Crippen molar-refractivity contribution in [1.82, 2.24) is 0 Å². The minimum atomic E-state index is -1.65. The van der Waals surface area contributed by atoms with Crippen LogP contribution in [-0.2, 0) is 0 Å². The van der Waals surface area contributed by atoms with Gasteiger partial charge >= 0.3 is 0 Å². The number of halogens is 3. The lowest BCUT2D eigenvalue weighted by molar-refractivity contribution is 0.0907. The Morgan fingerprint density at radius 1 is 1.00 bits per heavy atom. The SMILES string of the molecule is CC(C(=O)c1ccc(F)c(F)c1F)C(N)c1ccccc1. The number of hydrogen-bond acceptors (Lipinski definition) is 2. The first-order chi connectivity index (χ1) is 9.93. The van der Waals surface area contributed by atoms with Crippen LogP contribution in [-0.4, -0.2) is 5.78 Å². The second-order valence-electron chi connectivity index (χ2n) is 4.81. The highest BCUT2D eigenvalue weighted by Crippen LogP contribution is 2.25. The quantitative estimate of drug-likeness (QED) is 0.691. The molecule has 0 amide bonds. The van der Waals surface area contributed by atoms with Crippen molar-refractivity contribution in [3.8, 4) is 0 Å². The first-order valence-corrected chi connectivity index (χ1v) is 6.41. The van der Waals surface area contributed by atoms with Crippen molar-refractivity contribution in [1.29, 1.82) is 0 Å². The van der Waals surface area contributed by atoms with E-state index in [0.29, 0.717) is 5.56 Å². The fraction of sp³-hybridized carbons (Fsp3) is 0.188. The topological polar surface area (TPSA) is 43.1 Å². The molecule has 5 heteroatoms. The molecule has 2 rings (SSSR count). The number of Topliss-reactive ketones (excluding diaryl/α,β-unsaturated/α-hetero) is 1. The average molecular weight is 293 g/mol. The minimum Gasteiger partial charge on any atom is -0.323 e. The van der Waals surface area contributed by atoms with E-state index in [2.05, 4.69) is 0 Å². The molecule has 110 valence electrons. The Morgan fingerprint density at radius 2 is 1.62 bits per heavy atom. The zero-order valence-electron chi connectivity index (χ0n) is 11.3. The van der Waals surface area contributed by atoms with Gasteiger partial charge in [0.25, 0.3) is 0 Å². The van der Waals surface area contributed by atoms with Crippen molar-refractivity contribution < 1.29 is 18.0 Å². The van der Waals surface area contributed by atoms with Crippen LogP contribution in [0, 0.1) is 23.4 Å². The third-order valence-corrected chi connectivity index (χ3v) is 3.44. The van der Waals surface area contributed by atoms with Crippen molar-refractivity contribution in [2.75, 3.05) is 0 Å². The standard InChI is InChI=1S/C16H14F3NO/c1-9(15(20)10-5-3-2-4-6-10)16(21)11-7-8-12(17)14(19)13(11)18/h2-9,15H,20H2,1H3. The van der Waals surface area contributed by atoms with Crippen LogP contribution < -0.4 is 5.73 Å². The van der Waals surface area contributed by atoms with E-state index in [0.717, 1.165) is 12.1 Å². The first kappa shape index (κ1) is 15.3. The molecule has 2 N–H and O–H groups in total. The Hall–Kier alpha value is -2.14. The summed E-state index contributed by atoms with van der Waals surface area (Å²) in [5, 5.41) is 0. The molecule has 2 nitrogen and oxygen atoms in total. The molecule has 2 atom stereocenters. The van der Waals surface area contributed by atoms with E-state index in [1.165, 1.54) is 6.92 Å². The highest BCUT2D eigenvalue weighted by atomic mass is 19.2. The summed E-state index contributed by atoms with van der Waals surface area (Å²) in [5.74, 6) is -5.90. The Bertz CT molecular complexity index is 658. The summed E-state index contributed by atoms with van der Waals surface area (Å²) in [6.07, 6.45) is 0. The molecular formula is C16H14F3NO. The molecule has 0 saturated heterocycles. The van der Waals surface area contributed by atoms with Crippen LogP contribution in [0.1, 0.15) is 28.9 Å². The molecule has 0 aliphatic carbocycles. The molecule has 0 aromatic heterocycles. The molecule has 0 bridgehead atoms. The monoisotopic (exact) mass is 293 g/mol. The van der Waals surface area contributed by atoms with Crippen molar-refractivity contribution in [2.45, 2.75) is 13.0 Å². The van der Waals surface area contributed by atoms with E-state index in [4.69, 9.17) is 5.73 Å². The van der Waals surface area contributed by atoms with Gasteiger partial charge in [-0.05, 0) is 17.7 Å². The van der Waals surface area contributed by atoms with Crippen molar-refractivity contribution in [3.05, 3.63) is 71.0 Å². The van der Waals surface area contributed by atoms with E-state index >= 15 is 0 Å². The molecule has 0 fully saturated rings. The van der Waals surface area contributed by atoms with Gasteiger partial charge in [0.15, 0.2) is 23.2 Å². The lowest BCUT2D eigenvalue weighted by atomic mass is 9.88. The molecule has 0 heterocycles. The maximum atomic E-state index is 13.7. The van der Waals surface area contributed by atoms with Gasteiger partial charge in [0, 0.05) is 12.0 Å². The van der Waals surface area contributed by atoms with Crippen LogP contribution >= 0.6 is 0 Å². The Labute approximate surface area is 120 Å². The van der Waals surface area contributed by atoms with Crippen molar-refractivity contribution >= 4 is 5.78 Å². The van der Waals surface area contributed by atoms with Crippen LogP contribution in [0.3, 0.4) is 0 Å². The van der Waals surface area contributed by atoms with Gasteiger partial charge in [0.05, 0.1) is 5.56 Å². The normalized spacial score (nSPS) is 13.8. The van der Waals surface area contributed by atoms with E-state index in [1.807, 2.05) is 0 Å². The fourth-order valence-corrected chi connectivity index (χ4v) is 2.09. The van der Waals surface area contributed by atoms with E-state index in [9.17, 15) is 18.0 Å². The number of ketones is 1. The maximum absolute atomic E-state index is 13.7. The summed E-state index contributed by atoms with van der Waals surface area (Å²) in [7, 11) is 0. The van der Waals surface area contributed by atoms with Gasteiger partial charge in [0.2, 0.25) is 0 Å². The van der Waals surface area contributed by atoms with Gasteiger partial charge < -0.3 is 5.73 Å². The molecule has 0 aliphatic rings. The molecular weight excluding hydrogens is 279 g/mol. The highest BCUT2D eigenvalue weighted by molar-refractivity contribution is 5.98. The molecule has 0 saturated carbocycles. The fourth-order valence-electron chi connectivity index (χ4n) is 2.09. The molecule has 2 aromatic carbocycles. The average Bonchev–Trinajstić information content (AvgIpc) is 2.51. The van der Waals surface area contributed by atoms with Crippen LogP contribution in [0.5, 0.6) is 0 Å². The second kappa shape index (κ2) is 6.10. The van der Waals surface area contributed by atoms with Crippen LogP contribution in [0.25, 0.3) is 0 Å². The van der Waals surface area contributed by atoms with E-state index in [-0.39, 0.29) is 0 Å². The number of hydrogen-bond donors (Lipinski definition) is 1. The minimum absolute atomic E-state index is 0.493. The molecule has 0 radical (unpaired) electrons. The second-order valence-corrected chi connectivity index (χ2v) is 4.81. The predicted octanol–water partition coefficient (Wildman–Crippen LogP) is 3.62. The summed E-state index contributed by atoms with van der Waals surface area (Å²) in [5.41, 5.74) is 6.20. The van der Waals surface area contributed by atoms with E-state index < -0.39 is 40.8 Å². The number of rotatable bonds is 4. The Morgan fingerprint density at radius 3 is 2.24 bits per heavy atom. The molecule has 2 aromatic rings. The van der Waals surface area contributed by atoms with Gasteiger partial charge in [0.1, 0.15) is 0 Å². The zero-order valence-corrected chi connectivity index (χ0v) is 11.3. The van der Waals surface area contributed by atoms with Gasteiger partial charge in [-0.1, -0.05) is 37.3 Å². The smallest absolute Gasteiger partial charge is 0.195 e. The largest absolute Gasteiger partial charge is 0.323 e. The lowest BCUT2D eigenvalue weighted by Gasteiger charge is -2.19. The predicted molar refractivity (Wildman–Crippen MR) is 73.2 cm³/mol. The van der Waals surface area contributed by atoms with Crippen LogP contribution in [0.15, 0.2) is 42.5 Å². The van der Waals surface area contributed by atoms with Crippen molar-refractivity contribution in [3.63, 3.8) is 0 Å².